The van der Waals surface area contributed by atoms with E-state index in [9.17, 15) is 0 Å². The van der Waals surface area contributed by atoms with Crippen molar-refractivity contribution in [1.29, 1.82) is 0 Å². The van der Waals surface area contributed by atoms with E-state index in [4.69, 9.17) is 5.73 Å². The fourth-order valence-corrected chi connectivity index (χ4v) is 3.98. The normalized spacial score (nSPS) is 27.2. The molecule has 0 aromatic rings. The third kappa shape index (κ3) is 1.79. The van der Waals surface area contributed by atoms with Crippen LogP contribution in [0.3, 0.4) is 0 Å². The van der Waals surface area contributed by atoms with E-state index >= 15 is 0 Å². The van der Waals surface area contributed by atoms with Crippen molar-refractivity contribution in [1.82, 2.24) is 0 Å². The Bertz CT molecular complexity index is 305. The predicted octanol–water partition coefficient (Wildman–Crippen LogP) is 2.55. The molecule has 0 aromatic carbocycles. The first-order valence-electron chi connectivity index (χ1n) is 4.35. The van der Waals surface area contributed by atoms with Gasteiger partial charge in [0.25, 0.3) is 0 Å². The highest BCUT2D eigenvalue weighted by atomic mass is 32.2. The lowest BCUT2D eigenvalue weighted by atomic mass is 10.1. The summed E-state index contributed by atoms with van der Waals surface area (Å²) < 4.78 is 0. The Labute approximate surface area is 86.7 Å². The molecule has 2 aliphatic heterocycles. The second-order valence-electron chi connectivity index (χ2n) is 3.06. The zero-order valence-electron chi connectivity index (χ0n) is 7.49. The van der Waals surface area contributed by atoms with Crippen LogP contribution in [0.4, 0.5) is 0 Å². The summed E-state index contributed by atoms with van der Waals surface area (Å²) in [5, 5.41) is 0.808. The fourth-order valence-electron chi connectivity index (χ4n) is 1.41. The van der Waals surface area contributed by atoms with Crippen LogP contribution in [0.1, 0.15) is 13.3 Å². The zero-order valence-corrected chi connectivity index (χ0v) is 9.12. The first-order valence-corrected chi connectivity index (χ1v) is 6.15. The lowest BCUT2D eigenvalue weighted by molar-refractivity contribution is 0.708. The van der Waals surface area contributed by atoms with Crippen molar-refractivity contribution in [3.05, 3.63) is 21.0 Å². The van der Waals surface area contributed by atoms with Gasteiger partial charge in [0, 0.05) is 27.7 Å². The molecule has 1 atom stereocenters. The number of hydrogen-bond donors (Lipinski definition) is 1. The molecule has 0 radical (unpaired) electrons. The van der Waals surface area contributed by atoms with Crippen molar-refractivity contribution in [2.45, 2.75) is 13.3 Å². The van der Waals surface area contributed by atoms with E-state index in [2.05, 4.69) is 11.9 Å². The molecule has 0 bridgehead atoms. The summed E-state index contributed by atoms with van der Waals surface area (Å²) in [6.07, 6.45) is 4.86. The monoisotopic (exact) mass is 212 g/mol. The van der Waals surface area contributed by atoms with Gasteiger partial charge >= 0.3 is 0 Å². The van der Waals surface area contributed by atoms with Gasteiger partial charge in [-0.25, -0.2) is 0 Å². The Balaban J connectivity index is 2.28. The SMILES string of the molecule is CCC1CSC2=C1SC(N)=CN=C2. The number of aliphatic imine (C=N–C) groups is 1. The van der Waals surface area contributed by atoms with Crippen LogP contribution in [0.5, 0.6) is 0 Å². The molecule has 2 nitrogen and oxygen atoms in total. The molecule has 1 unspecified atom stereocenters. The number of nitrogens with zero attached hydrogens (tertiary/aromatic N) is 1. The van der Waals surface area contributed by atoms with Crippen LogP contribution < -0.4 is 5.73 Å². The molecule has 2 N–H and O–H groups in total. The van der Waals surface area contributed by atoms with Crippen molar-refractivity contribution in [3.8, 4) is 0 Å². The quantitative estimate of drug-likeness (QED) is 0.726. The van der Waals surface area contributed by atoms with E-state index in [1.807, 2.05) is 18.0 Å². The van der Waals surface area contributed by atoms with Gasteiger partial charge in [0.15, 0.2) is 0 Å². The summed E-state index contributed by atoms with van der Waals surface area (Å²) in [6.45, 7) is 2.23. The van der Waals surface area contributed by atoms with Gasteiger partial charge in [0.1, 0.15) is 0 Å². The van der Waals surface area contributed by atoms with E-state index in [-0.39, 0.29) is 0 Å². The summed E-state index contributed by atoms with van der Waals surface area (Å²) in [5.41, 5.74) is 5.77. The highest BCUT2D eigenvalue weighted by Crippen LogP contribution is 2.45. The number of nitrogens with two attached hydrogens (primary N) is 1. The first-order chi connectivity index (χ1) is 6.31. The van der Waals surface area contributed by atoms with Crippen LogP contribution in [-0.4, -0.2) is 12.0 Å². The second kappa shape index (κ2) is 3.80. The van der Waals surface area contributed by atoms with Crippen LogP contribution in [0.2, 0.25) is 0 Å². The van der Waals surface area contributed by atoms with Gasteiger partial charge in [-0.05, 0) is 6.42 Å². The molecule has 2 heterocycles. The topological polar surface area (TPSA) is 38.4 Å². The van der Waals surface area contributed by atoms with Crippen molar-refractivity contribution in [2.24, 2.45) is 16.6 Å². The van der Waals surface area contributed by atoms with E-state index in [1.54, 1.807) is 18.0 Å². The number of thioether (sulfide) groups is 2. The van der Waals surface area contributed by atoms with Crippen LogP contribution in [0, 0.1) is 5.92 Å². The average Bonchev–Trinajstić information content (AvgIpc) is 2.39. The number of rotatable bonds is 1. The van der Waals surface area contributed by atoms with Crippen molar-refractivity contribution >= 4 is 29.7 Å². The molecule has 0 fully saturated rings. The minimum Gasteiger partial charge on any atom is -0.392 e. The Morgan fingerprint density at radius 1 is 1.69 bits per heavy atom. The van der Waals surface area contributed by atoms with Crippen LogP contribution >= 0.6 is 23.5 Å². The molecule has 70 valence electrons. The van der Waals surface area contributed by atoms with Crippen LogP contribution in [-0.2, 0) is 0 Å². The molecule has 0 aromatic heterocycles. The van der Waals surface area contributed by atoms with Gasteiger partial charge in [-0.1, -0.05) is 18.7 Å². The predicted molar refractivity (Wildman–Crippen MR) is 61.6 cm³/mol. The summed E-state index contributed by atoms with van der Waals surface area (Å²) in [4.78, 5) is 6.88. The highest BCUT2D eigenvalue weighted by Gasteiger charge is 2.25. The molecule has 0 spiro atoms. The highest BCUT2D eigenvalue weighted by molar-refractivity contribution is 8.10. The Morgan fingerprint density at radius 3 is 3.31 bits per heavy atom. The van der Waals surface area contributed by atoms with Crippen molar-refractivity contribution in [2.75, 3.05) is 5.75 Å². The first kappa shape index (κ1) is 9.21. The molecule has 0 amide bonds. The third-order valence-electron chi connectivity index (χ3n) is 2.17. The fraction of sp³-hybridized carbons (Fsp3) is 0.444. The number of allylic oxidation sites excluding steroid dienone is 2. The van der Waals surface area contributed by atoms with Crippen LogP contribution in [0.15, 0.2) is 26.0 Å². The molecule has 2 rings (SSSR count). The largest absolute Gasteiger partial charge is 0.392 e. The molecule has 4 heteroatoms. The third-order valence-corrected chi connectivity index (χ3v) is 4.62. The van der Waals surface area contributed by atoms with Crippen LogP contribution in [0.25, 0.3) is 0 Å². The van der Waals surface area contributed by atoms with Gasteiger partial charge in [-0.2, -0.15) is 0 Å². The number of hydrogen-bond acceptors (Lipinski definition) is 4. The second-order valence-corrected chi connectivity index (χ2v) is 5.23. The van der Waals surface area contributed by atoms with Crippen molar-refractivity contribution in [3.63, 3.8) is 0 Å². The van der Waals surface area contributed by atoms with E-state index < -0.39 is 0 Å². The molecule has 13 heavy (non-hydrogen) atoms. The minimum absolute atomic E-state index is 0.682. The molecule has 0 aliphatic carbocycles. The van der Waals surface area contributed by atoms with Gasteiger partial charge in [-0.3, -0.25) is 4.99 Å². The lowest BCUT2D eigenvalue weighted by Gasteiger charge is -2.10. The summed E-state index contributed by atoms with van der Waals surface area (Å²) >= 11 is 3.58. The molecule has 0 saturated heterocycles. The van der Waals surface area contributed by atoms with E-state index in [0.717, 1.165) is 5.03 Å². The molecular formula is C9H12N2S2. The Morgan fingerprint density at radius 2 is 2.54 bits per heavy atom. The maximum Gasteiger partial charge on any atom is 0.0887 e. The van der Waals surface area contributed by atoms with Gasteiger partial charge in [0.05, 0.1) is 11.2 Å². The molecule has 2 aliphatic rings. The Hall–Kier alpha value is -0.350. The molecular weight excluding hydrogens is 200 g/mol. The maximum absolute atomic E-state index is 5.77. The summed E-state index contributed by atoms with van der Waals surface area (Å²) in [5.74, 6) is 1.87. The Kier molecular flexibility index (Phi) is 2.69. The standard InChI is InChI=1S/C9H12N2S2/c1-2-6-5-12-7-3-11-4-8(10)13-9(6)7/h3-4,6H,2,5,10H2,1H3. The smallest absolute Gasteiger partial charge is 0.0887 e. The minimum atomic E-state index is 0.682. The van der Waals surface area contributed by atoms with Gasteiger partial charge < -0.3 is 5.73 Å². The lowest BCUT2D eigenvalue weighted by Crippen LogP contribution is -2.01. The van der Waals surface area contributed by atoms with E-state index in [0.29, 0.717) is 5.92 Å². The van der Waals surface area contributed by atoms with Gasteiger partial charge in [-0.15, -0.1) is 11.8 Å². The zero-order chi connectivity index (χ0) is 9.26. The average molecular weight is 212 g/mol. The van der Waals surface area contributed by atoms with E-state index in [1.165, 1.54) is 22.0 Å². The molecule has 0 saturated carbocycles. The maximum atomic E-state index is 5.77. The van der Waals surface area contributed by atoms with Gasteiger partial charge in [0.2, 0.25) is 0 Å². The summed E-state index contributed by atoms with van der Waals surface area (Å²) in [6, 6.07) is 0. The summed E-state index contributed by atoms with van der Waals surface area (Å²) in [7, 11) is 0. The van der Waals surface area contributed by atoms with Crippen molar-refractivity contribution < 1.29 is 0 Å².